The number of hydrogen-bond acceptors (Lipinski definition) is 4. The molecule has 0 saturated heterocycles. The van der Waals surface area contributed by atoms with E-state index in [1.165, 1.54) is 11.6 Å². The van der Waals surface area contributed by atoms with Gasteiger partial charge in [0.2, 0.25) is 5.91 Å². The van der Waals surface area contributed by atoms with Crippen molar-refractivity contribution in [1.29, 1.82) is 0 Å². The number of para-hydroxylation sites is 1. The standard InChI is InChI=1S/C23H24N4O3/c24-23(29)21(12-16-13-25-19-4-2-1-3-17(16)19)26-20-9-7-15-11-14(5-8-18(15)20)6-10-22(28)27-30/h1-6,8,10-11,13,20-21,25-26,30H,7,9,12H2,(H2,24,29)(H,27,28)/b10-6+/t20?,21-/m0/s1. The zero-order valence-electron chi connectivity index (χ0n) is 16.4. The first-order chi connectivity index (χ1) is 14.5. The number of fused-ring (bicyclic) bond motifs is 2. The lowest BCUT2D eigenvalue weighted by Crippen LogP contribution is -2.44. The van der Waals surface area contributed by atoms with Crippen LogP contribution >= 0.6 is 0 Å². The highest BCUT2D eigenvalue weighted by atomic mass is 16.5. The van der Waals surface area contributed by atoms with Gasteiger partial charge in [-0.3, -0.25) is 20.1 Å². The van der Waals surface area contributed by atoms with Crippen LogP contribution in [0.3, 0.4) is 0 Å². The minimum atomic E-state index is -0.573. The van der Waals surface area contributed by atoms with E-state index in [1.807, 2.05) is 48.7 Å². The van der Waals surface area contributed by atoms with E-state index < -0.39 is 11.9 Å². The van der Waals surface area contributed by atoms with Crippen LogP contribution in [0.5, 0.6) is 0 Å². The number of nitrogens with one attached hydrogen (secondary N) is 3. The van der Waals surface area contributed by atoms with Crippen molar-refractivity contribution in [3.05, 3.63) is 77.0 Å². The number of benzene rings is 2. The number of rotatable bonds is 7. The van der Waals surface area contributed by atoms with Crippen LogP contribution in [0.25, 0.3) is 17.0 Å². The molecule has 2 amide bonds. The molecule has 30 heavy (non-hydrogen) atoms. The number of carbonyl (C=O) groups excluding carboxylic acids is 2. The number of amides is 2. The predicted octanol–water partition coefficient (Wildman–Crippen LogP) is 2.36. The molecule has 0 radical (unpaired) electrons. The van der Waals surface area contributed by atoms with Gasteiger partial charge in [-0.2, -0.15) is 0 Å². The van der Waals surface area contributed by atoms with E-state index in [0.717, 1.165) is 40.4 Å². The Morgan fingerprint density at radius 1 is 1.27 bits per heavy atom. The summed E-state index contributed by atoms with van der Waals surface area (Å²) >= 11 is 0. The second kappa shape index (κ2) is 8.52. The van der Waals surface area contributed by atoms with Crippen molar-refractivity contribution in [3.8, 4) is 0 Å². The molecule has 2 aromatic carbocycles. The van der Waals surface area contributed by atoms with Gasteiger partial charge in [-0.15, -0.1) is 0 Å². The van der Waals surface area contributed by atoms with E-state index in [0.29, 0.717) is 6.42 Å². The quantitative estimate of drug-likeness (QED) is 0.236. The molecule has 3 aromatic rings. The molecule has 1 aliphatic rings. The third kappa shape index (κ3) is 4.12. The summed E-state index contributed by atoms with van der Waals surface area (Å²) in [7, 11) is 0. The predicted molar refractivity (Wildman–Crippen MR) is 115 cm³/mol. The van der Waals surface area contributed by atoms with E-state index >= 15 is 0 Å². The molecular formula is C23H24N4O3. The Morgan fingerprint density at radius 3 is 2.90 bits per heavy atom. The van der Waals surface area contributed by atoms with Gasteiger partial charge in [0.05, 0.1) is 6.04 Å². The Balaban J connectivity index is 1.50. The summed E-state index contributed by atoms with van der Waals surface area (Å²) in [5, 5.41) is 13.1. The Kier molecular flexibility index (Phi) is 5.65. The Morgan fingerprint density at radius 2 is 2.10 bits per heavy atom. The summed E-state index contributed by atoms with van der Waals surface area (Å²) in [5.41, 5.74) is 12.6. The van der Waals surface area contributed by atoms with Crippen LogP contribution in [0.4, 0.5) is 0 Å². The van der Waals surface area contributed by atoms with Gasteiger partial charge in [0.25, 0.3) is 5.91 Å². The third-order valence-corrected chi connectivity index (χ3v) is 5.63. The summed E-state index contributed by atoms with van der Waals surface area (Å²) in [6.07, 6.45) is 7.12. The van der Waals surface area contributed by atoms with Gasteiger partial charge in [-0.05, 0) is 53.7 Å². The second-order valence-electron chi connectivity index (χ2n) is 7.54. The van der Waals surface area contributed by atoms with Crippen LogP contribution in [-0.2, 0) is 22.4 Å². The van der Waals surface area contributed by atoms with Crippen molar-refractivity contribution in [1.82, 2.24) is 15.8 Å². The van der Waals surface area contributed by atoms with Crippen LogP contribution < -0.4 is 16.5 Å². The number of aromatic amines is 1. The second-order valence-corrected chi connectivity index (χ2v) is 7.54. The molecule has 0 fully saturated rings. The lowest BCUT2D eigenvalue weighted by Gasteiger charge is -2.21. The summed E-state index contributed by atoms with van der Waals surface area (Å²) in [4.78, 5) is 26.6. The van der Waals surface area contributed by atoms with Crippen molar-refractivity contribution < 1.29 is 14.8 Å². The molecule has 0 bridgehead atoms. The highest BCUT2D eigenvalue weighted by Crippen LogP contribution is 2.33. The normalized spacial score (nSPS) is 16.6. The average molecular weight is 404 g/mol. The topological polar surface area (TPSA) is 120 Å². The first-order valence-electron chi connectivity index (χ1n) is 9.90. The molecule has 2 atom stereocenters. The Hall–Kier alpha value is -3.42. The summed E-state index contributed by atoms with van der Waals surface area (Å²) in [6, 6.07) is 13.5. The molecule has 0 aliphatic heterocycles. The van der Waals surface area contributed by atoms with E-state index in [-0.39, 0.29) is 11.9 Å². The first kappa shape index (κ1) is 19.9. The number of primary amides is 1. The fourth-order valence-electron chi connectivity index (χ4n) is 4.13. The van der Waals surface area contributed by atoms with Crippen molar-refractivity contribution in [2.75, 3.05) is 0 Å². The van der Waals surface area contributed by atoms with Gasteiger partial charge in [-0.1, -0.05) is 36.4 Å². The van der Waals surface area contributed by atoms with Gasteiger partial charge in [0.15, 0.2) is 0 Å². The zero-order valence-corrected chi connectivity index (χ0v) is 16.4. The molecule has 4 rings (SSSR count). The number of aryl methyl sites for hydroxylation is 1. The SMILES string of the molecule is NC(=O)[C@H](Cc1c[nH]c2ccccc12)NC1CCc2cc(/C=C/C(=O)NO)ccc21. The summed E-state index contributed by atoms with van der Waals surface area (Å²) in [6.45, 7) is 0. The molecule has 7 heteroatoms. The third-order valence-electron chi connectivity index (χ3n) is 5.63. The van der Waals surface area contributed by atoms with E-state index in [2.05, 4.69) is 10.3 Å². The highest BCUT2D eigenvalue weighted by Gasteiger charge is 2.27. The van der Waals surface area contributed by atoms with Gasteiger partial charge in [-0.25, -0.2) is 5.48 Å². The molecule has 0 spiro atoms. The lowest BCUT2D eigenvalue weighted by molar-refractivity contribution is -0.124. The molecule has 1 aliphatic carbocycles. The van der Waals surface area contributed by atoms with Crippen LogP contribution in [-0.4, -0.2) is 28.0 Å². The monoisotopic (exact) mass is 404 g/mol. The molecule has 7 nitrogen and oxygen atoms in total. The van der Waals surface area contributed by atoms with Crippen LogP contribution in [0.15, 0.2) is 54.7 Å². The van der Waals surface area contributed by atoms with Crippen LogP contribution in [0.2, 0.25) is 0 Å². The number of nitrogens with two attached hydrogens (primary N) is 1. The van der Waals surface area contributed by atoms with E-state index in [9.17, 15) is 9.59 Å². The van der Waals surface area contributed by atoms with Crippen LogP contribution in [0, 0.1) is 0 Å². The number of H-pyrrole nitrogens is 1. The fraction of sp³-hybridized carbons (Fsp3) is 0.217. The Labute approximate surface area is 173 Å². The number of hydrogen-bond donors (Lipinski definition) is 5. The van der Waals surface area contributed by atoms with Crippen molar-refractivity contribution in [2.45, 2.75) is 31.3 Å². The average Bonchev–Trinajstić information content (AvgIpc) is 3.35. The van der Waals surface area contributed by atoms with Crippen molar-refractivity contribution in [2.24, 2.45) is 5.73 Å². The fourth-order valence-corrected chi connectivity index (χ4v) is 4.13. The van der Waals surface area contributed by atoms with Gasteiger partial charge >= 0.3 is 0 Å². The Bertz CT molecular complexity index is 1120. The molecule has 154 valence electrons. The molecule has 1 unspecified atom stereocenters. The number of carbonyl (C=O) groups is 2. The van der Waals surface area contributed by atoms with E-state index in [4.69, 9.17) is 10.9 Å². The van der Waals surface area contributed by atoms with Gasteiger partial charge in [0.1, 0.15) is 0 Å². The number of hydroxylamine groups is 1. The first-order valence-corrected chi connectivity index (χ1v) is 9.90. The van der Waals surface area contributed by atoms with Crippen molar-refractivity contribution in [3.63, 3.8) is 0 Å². The molecule has 0 saturated carbocycles. The smallest absolute Gasteiger partial charge is 0.267 e. The molecule has 6 N–H and O–H groups in total. The largest absolute Gasteiger partial charge is 0.368 e. The zero-order chi connectivity index (χ0) is 21.1. The number of aromatic nitrogens is 1. The van der Waals surface area contributed by atoms with Gasteiger partial charge < -0.3 is 10.7 Å². The van der Waals surface area contributed by atoms with Crippen LogP contribution in [0.1, 0.15) is 34.7 Å². The summed E-state index contributed by atoms with van der Waals surface area (Å²) in [5.74, 6) is -0.945. The van der Waals surface area contributed by atoms with Gasteiger partial charge in [0, 0.05) is 29.2 Å². The molecule has 1 aromatic heterocycles. The molecule has 1 heterocycles. The summed E-state index contributed by atoms with van der Waals surface area (Å²) < 4.78 is 0. The van der Waals surface area contributed by atoms with E-state index in [1.54, 1.807) is 11.6 Å². The minimum absolute atomic E-state index is 0.0430. The maximum atomic E-state index is 12.2. The lowest BCUT2D eigenvalue weighted by atomic mass is 10.0. The maximum absolute atomic E-state index is 12.2. The highest BCUT2D eigenvalue weighted by molar-refractivity contribution is 5.90. The molecular weight excluding hydrogens is 380 g/mol. The minimum Gasteiger partial charge on any atom is -0.368 e. The maximum Gasteiger partial charge on any atom is 0.267 e. The van der Waals surface area contributed by atoms with Crippen molar-refractivity contribution >= 4 is 28.8 Å².